The molecular formula is C18H16N4OS. The summed E-state index contributed by atoms with van der Waals surface area (Å²) in [6, 6.07) is 14.0. The van der Waals surface area contributed by atoms with Gasteiger partial charge in [0.25, 0.3) is 0 Å². The van der Waals surface area contributed by atoms with Crippen molar-refractivity contribution in [3.05, 3.63) is 54.0 Å². The van der Waals surface area contributed by atoms with Gasteiger partial charge in [-0.15, -0.1) is 11.3 Å². The Hall–Kier alpha value is -2.86. The van der Waals surface area contributed by atoms with Crippen LogP contribution in [-0.2, 0) is 6.54 Å². The van der Waals surface area contributed by atoms with Crippen molar-refractivity contribution >= 4 is 50.0 Å². The van der Waals surface area contributed by atoms with Gasteiger partial charge in [0, 0.05) is 45.6 Å². The van der Waals surface area contributed by atoms with Gasteiger partial charge >= 0.3 is 6.03 Å². The number of benzene rings is 2. The molecule has 0 unspecified atom stereocenters. The number of anilines is 2. The summed E-state index contributed by atoms with van der Waals surface area (Å²) >= 11 is 1.39. The summed E-state index contributed by atoms with van der Waals surface area (Å²) in [5.41, 5.74) is 3.14. The van der Waals surface area contributed by atoms with Crippen LogP contribution in [0.15, 0.2) is 54.0 Å². The van der Waals surface area contributed by atoms with Crippen LogP contribution in [0.3, 0.4) is 0 Å². The Balaban J connectivity index is 1.70. The molecule has 0 bridgehead atoms. The van der Waals surface area contributed by atoms with E-state index in [0.717, 1.165) is 17.6 Å². The van der Waals surface area contributed by atoms with Gasteiger partial charge in [0.05, 0.1) is 0 Å². The summed E-state index contributed by atoms with van der Waals surface area (Å²) < 4.78 is 2.28. The summed E-state index contributed by atoms with van der Waals surface area (Å²) in [4.78, 5) is 16.1. The highest BCUT2D eigenvalue weighted by Gasteiger charge is 2.11. The number of urea groups is 1. The lowest BCUT2D eigenvalue weighted by Gasteiger charge is -2.07. The van der Waals surface area contributed by atoms with E-state index in [-0.39, 0.29) is 6.03 Å². The van der Waals surface area contributed by atoms with Crippen molar-refractivity contribution in [3.63, 3.8) is 0 Å². The zero-order chi connectivity index (χ0) is 16.5. The minimum Gasteiger partial charge on any atom is -0.341 e. The number of hydrogen-bond donors (Lipinski definition) is 2. The summed E-state index contributed by atoms with van der Waals surface area (Å²) in [7, 11) is 0. The maximum absolute atomic E-state index is 12.1. The number of para-hydroxylation sites is 1. The first kappa shape index (κ1) is 14.7. The molecule has 120 valence electrons. The van der Waals surface area contributed by atoms with E-state index in [1.165, 1.54) is 27.8 Å². The third-order valence-corrected chi connectivity index (χ3v) is 4.69. The quantitative estimate of drug-likeness (QED) is 0.558. The first-order chi connectivity index (χ1) is 11.8. The fourth-order valence-corrected chi connectivity index (χ4v) is 3.54. The van der Waals surface area contributed by atoms with Gasteiger partial charge in [0.1, 0.15) is 0 Å². The maximum atomic E-state index is 12.1. The van der Waals surface area contributed by atoms with Crippen molar-refractivity contribution in [3.8, 4) is 0 Å². The van der Waals surface area contributed by atoms with Crippen molar-refractivity contribution < 1.29 is 4.79 Å². The molecule has 0 aliphatic rings. The molecule has 6 heteroatoms. The molecule has 0 aliphatic carbocycles. The molecule has 2 amide bonds. The Bertz CT molecular complexity index is 1020. The van der Waals surface area contributed by atoms with Crippen LogP contribution in [0, 0.1) is 0 Å². The summed E-state index contributed by atoms with van der Waals surface area (Å²) in [6.45, 7) is 3.04. The normalized spacial score (nSPS) is 11.0. The number of fused-ring (bicyclic) bond motifs is 3. The number of aryl methyl sites for hydroxylation is 1. The van der Waals surface area contributed by atoms with Crippen LogP contribution in [0.5, 0.6) is 0 Å². The molecule has 5 nitrogen and oxygen atoms in total. The molecular weight excluding hydrogens is 320 g/mol. The van der Waals surface area contributed by atoms with Crippen LogP contribution in [0.25, 0.3) is 21.8 Å². The van der Waals surface area contributed by atoms with E-state index in [1.54, 1.807) is 6.20 Å². The number of thiazole rings is 1. The van der Waals surface area contributed by atoms with Gasteiger partial charge in [-0.3, -0.25) is 5.32 Å². The zero-order valence-electron chi connectivity index (χ0n) is 13.1. The lowest BCUT2D eigenvalue weighted by Crippen LogP contribution is -2.19. The van der Waals surface area contributed by atoms with Crippen molar-refractivity contribution in [1.29, 1.82) is 0 Å². The van der Waals surface area contributed by atoms with Crippen molar-refractivity contribution in [2.75, 3.05) is 10.6 Å². The summed E-state index contributed by atoms with van der Waals surface area (Å²) in [6.07, 6.45) is 1.66. The summed E-state index contributed by atoms with van der Waals surface area (Å²) in [5.74, 6) is 0. The van der Waals surface area contributed by atoms with E-state index < -0.39 is 0 Å². The number of carbonyl (C=O) groups excluding carboxylic acids is 1. The Morgan fingerprint density at radius 3 is 2.75 bits per heavy atom. The van der Waals surface area contributed by atoms with E-state index in [0.29, 0.717) is 5.13 Å². The van der Waals surface area contributed by atoms with E-state index in [2.05, 4.69) is 45.3 Å². The van der Waals surface area contributed by atoms with E-state index in [4.69, 9.17) is 0 Å². The van der Waals surface area contributed by atoms with Gasteiger partial charge in [0.2, 0.25) is 0 Å². The average molecular weight is 336 g/mol. The molecule has 2 N–H and O–H groups in total. The largest absolute Gasteiger partial charge is 0.341 e. The monoisotopic (exact) mass is 336 g/mol. The number of nitrogens with one attached hydrogen (secondary N) is 2. The van der Waals surface area contributed by atoms with Crippen LogP contribution in [0.4, 0.5) is 15.6 Å². The zero-order valence-corrected chi connectivity index (χ0v) is 13.9. The Morgan fingerprint density at radius 1 is 1.12 bits per heavy atom. The molecule has 4 aromatic rings. The molecule has 4 rings (SSSR count). The standard InChI is InChI=1S/C18H16N4OS/c1-2-22-15-6-4-3-5-13(15)14-11-12(7-8-16(14)22)20-17(23)21-18-19-9-10-24-18/h3-11H,2H2,1H3,(H2,19,20,21,23). The molecule has 0 radical (unpaired) electrons. The van der Waals surface area contributed by atoms with Crippen LogP contribution >= 0.6 is 11.3 Å². The molecule has 24 heavy (non-hydrogen) atoms. The summed E-state index contributed by atoms with van der Waals surface area (Å²) in [5, 5.41) is 10.3. The van der Waals surface area contributed by atoms with Gasteiger partial charge in [-0.05, 0) is 31.2 Å². The fourth-order valence-electron chi connectivity index (χ4n) is 3.02. The van der Waals surface area contributed by atoms with Gasteiger partial charge in [-0.25, -0.2) is 9.78 Å². The second-order valence-corrected chi connectivity index (χ2v) is 6.30. The highest BCUT2D eigenvalue weighted by molar-refractivity contribution is 7.13. The second kappa shape index (κ2) is 5.98. The predicted octanol–water partition coefficient (Wildman–Crippen LogP) is 4.91. The smallest absolute Gasteiger partial charge is 0.325 e. The molecule has 2 heterocycles. The Kier molecular flexibility index (Phi) is 3.66. The predicted molar refractivity (Wildman–Crippen MR) is 99.9 cm³/mol. The number of rotatable bonds is 3. The number of aromatic nitrogens is 2. The number of carbonyl (C=O) groups is 1. The molecule has 2 aromatic heterocycles. The van der Waals surface area contributed by atoms with Gasteiger partial charge in [0.15, 0.2) is 5.13 Å². The molecule has 0 aliphatic heterocycles. The molecule has 0 fully saturated rings. The van der Waals surface area contributed by atoms with Gasteiger partial charge in [-0.2, -0.15) is 0 Å². The highest BCUT2D eigenvalue weighted by atomic mass is 32.1. The number of hydrogen-bond acceptors (Lipinski definition) is 3. The third-order valence-electron chi connectivity index (χ3n) is 4.00. The first-order valence-corrected chi connectivity index (χ1v) is 8.62. The van der Waals surface area contributed by atoms with E-state index in [9.17, 15) is 4.79 Å². The lowest BCUT2D eigenvalue weighted by atomic mass is 10.1. The Morgan fingerprint density at radius 2 is 1.96 bits per heavy atom. The van der Waals surface area contributed by atoms with Gasteiger partial charge < -0.3 is 9.88 Å². The SMILES string of the molecule is CCn1c2ccccc2c2cc(NC(=O)Nc3nccs3)ccc21. The van der Waals surface area contributed by atoms with Crippen LogP contribution in [0.1, 0.15) is 6.92 Å². The average Bonchev–Trinajstić information content (AvgIpc) is 3.20. The van der Waals surface area contributed by atoms with Crippen molar-refractivity contribution in [2.45, 2.75) is 13.5 Å². The molecule has 2 aromatic carbocycles. The molecule has 0 spiro atoms. The van der Waals surface area contributed by atoms with Crippen molar-refractivity contribution in [2.24, 2.45) is 0 Å². The van der Waals surface area contributed by atoms with Crippen LogP contribution in [-0.4, -0.2) is 15.6 Å². The topological polar surface area (TPSA) is 59.0 Å². The van der Waals surface area contributed by atoms with Crippen molar-refractivity contribution in [1.82, 2.24) is 9.55 Å². The maximum Gasteiger partial charge on any atom is 0.325 e. The van der Waals surface area contributed by atoms with Crippen LogP contribution in [0.2, 0.25) is 0 Å². The lowest BCUT2D eigenvalue weighted by molar-refractivity contribution is 0.262. The van der Waals surface area contributed by atoms with Crippen LogP contribution < -0.4 is 10.6 Å². The van der Waals surface area contributed by atoms with E-state index in [1.807, 2.05) is 29.6 Å². The second-order valence-electron chi connectivity index (χ2n) is 5.41. The van der Waals surface area contributed by atoms with Gasteiger partial charge in [-0.1, -0.05) is 18.2 Å². The number of nitrogens with zero attached hydrogens (tertiary/aromatic N) is 2. The Labute approximate surface area is 142 Å². The molecule has 0 saturated heterocycles. The molecule has 0 saturated carbocycles. The first-order valence-electron chi connectivity index (χ1n) is 7.75. The minimum absolute atomic E-state index is 0.288. The van der Waals surface area contributed by atoms with E-state index >= 15 is 0 Å². The third kappa shape index (κ3) is 2.51. The molecule has 0 atom stereocenters. The fraction of sp³-hybridized carbons (Fsp3) is 0.111. The highest BCUT2D eigenvalue weighted by Crippen LogP contribution is 2.31. The minimum atomic E-state index is -0.288. The number of amides is 2.